The quantitative estimate of drug-likeness (QED) is 0.907. The molecule has 4 nitrogen and oxygen atoms in total. The van der Waals surface area contributed by atoms with E-state index in [4.69, 9.17) is 4.74 Å². The first-order valence-electron chi connectivity index (χ1n) is 7.41. The SMILES string of the molecule is CC1CN(C(=O)C2CCNCC2)CC(c2ccsc2)O1. The standard InChI is InChI=1S/C15H22N2O2S/c1-11-8-17(15(18)12-2-5-16-6-3-12)9-14(19-11)13-4-7-20-10-13/h4,7,10-12,14,16H,2-3,5-6,8-9H2,1H3. The third kappa shape index (κ3) is 3.05. The number of carbonyl (C=O) groups is 1. The highest BCUT2D eigenvalue weighted by Crippen LogP contribution is 2.28. The highest BCUT2D eigenvalue weighted by molar-refractivity contribution is 7.07. The number of nitrogens with one attached hydrogen (secondary N) is 1. The van der Waals surface area contributed by atoms with Gasteiger partial charge in [0.1, 0.15) is 6.10 Å². The Kier molecular flexibility index (Phi) is 4.38. The molecule has 1 N–H and O–H groups in total. The van der Waals surface area contributed by atoms with E-state index >= 15 is 0 Å². The van der Waals surface area contributed by atoms with Gasteiger partial charge in [0.05, 0.1) is 12.6 Å². The van der Waals surface area contributed by atoms with Crippen LogP contribution in [-0.4, -0.2) is 43.1 Å². The molecule has 2 aliphatic rings. The second-order valence-electron chi connectivity index (χ2n) is 5.76. The molecule has 110 valence electrons. The van der Waals surface area contributed by atoms with Crippen molar-refractivity contribution in [3.05, 3.63) is 22.4 Å². The lowest BCUT2D eigenvalue weighted by Crippen LogP contribution is -2.49. The van der Waals surface area contributed by atoms with Gasteiger partial charge >= 0.3 is 0 Å². The first kappa shape index (κ1) is 14.0. The molecule has 20 heavy (non-hydrogen) atoms. The topological polar surface area (TPSA) is 41.6 Å². The predicted octanol–water partition coefficient (Wildman–Crippen LogP) is 2.04. The summed E-state index contributed by atoms with van der Waals surface area (Å²) in [6, 6.07) is 2.10. The average Bonchev–Trinajstić information content (AvgIpc) is 3.01. The fourth-order valence-corrected chi connectivity index (χ4v) is 3.80. The minimum absolute atomic E-state index is 0.0377. The Morgan fingerprint density at radius 2 is 2.20 bits per heavy atom. The summed E-state index contributed by atoms with van der Waals surface area (Å²) in [6.07, 6.45) is 2.08. The third-order valence-electron chi connectivity index (χ3n) is 4.18. The Morgan fingerprint density at radius 3 is 2.90 bits per heavy atom. The molecule has 0 aliphatic carbocycles. The van der Waals surface area contributed by atoms with Gasteiger partial charge in [-0.25, -0.2) is 0 Å². The average molecular weight is 294 g/mol. The van der Waals surface area contributed by atoms with Crippen molar-refractivity contribution in [1.29, 1.82) is 0 Å². The summed E-state index contributed by atoms with van der Waals surface area (Å²) in [4.78, 5) is 14.7. The number of amides is 1. The zero-order valence-electron chi connectivity index (χ0n) is 11.9. The van der Waals surface area contributed by atoms with E-state index in [1.165, 1.54) is 5.56 Å². The smallest absolute Gasteiger partial charge is 0.225 e. The van der Waals surface area contributed by atoms with Crippen LogP contribution in [-0.2, 0) is 9.53 Å². The maximum Gasteiger partial charge on any atom is 0.225 e. The van der Waals surface area contributed by atoms with Gasteiger partial charge in [-0.1, -0.05) is 0 Å². The van der Waals surface area contributed by atoms with Crippen LogP contribution in [0.15, 0.2) is 16.8 Å². The van der Waals surface area contributed by atoms with Crippen molar-refractivity contribution in [2.45, 2.75) is 32.0 Å². The Hall–Kier alpha value is -0.910. The van der Waals surface area contributed by atoms with Crippen molar-refractivity contribution >= 4 is 17.2 Å². The Labute approximate surface area is 124 Å². The van der Waals surface area contributed by atoms with Crippen molar-refractivity contribution in [2.75, 3.05) is 26.2 Å². The second-order valence-corrected chi connectivity index (χ2v) is 6.54. The van der Waals surface area contributed by atoms with E-state index in [9.17, 15) is 4.79 Å². The lowest BCUT2D eigenvalue weighted by molar-refractivity contribution is -0.149. The van der Waals surface area contributed by atoms with Crippen molar-refractivity contribution in [1.82, 2.24) is 10.2 Å². The summed E-state index contributed by atoms with van der Waals surface area (Å²) in [7, 11) is 0. The number of ether oxygens (including phenoxy) is 1. The molecular formula is C15H22N2O2S. The van der Waals surface area contributed by atoms with E-state index in [1.807, 2.05) is 4.90 Å². The molecule has 0 spiro atoms. The first-order valence-corrected chi connectivity index (χ1v) is 8.35. The predicted molar refractivity (Wildman–Crippen MR) is 79.8 cm³/mol. The molecule has 1 aromatic rings. The normalized spacial score (nSPS) is 28.6. The number of hydrogen-bond donors (Lipinski definition) is 1. The van der Waals surface area contributed by atoms with Gasteiger partial charge in [-0.2, -0.15) is 11.3 Å². The van der Waals surface area contributed by atoms with Crippen LogP contribution in [0, 0.1) is 5.92 Å². The van der Waals surface area contributed by atoms with Crippen LogP contribution in [0.5, 0.6) is 0 Å². The molecule has 2 fully saturated rings. The molecule has 5 heteroatoms. The molecule has 2 unspecified atom stereocenters. The van der Waals surface area contributed by atoms with Gasteiger partial charge in [0.15, 0.2) is 0 Å². The van der Waals surface area contributed by atoms with Crippen molar-refractivity contribution in [3.63, 3.8) is 0 Å². The molecular weight excluding hydrogens is 272 g/mol. The monoisotopic (exact) mass is 294 g/mol. The lowest BCUT2D eigenvalue weighted by Gasteiger charge is -2.39. The highest BCUT2D eigenvalue weighted by Gasteiger charge is 2.33. The van der Waals surface area contributed by atoms with Crippen LogP contribution in [0.3, 0.4) is 0 Å². The van der Waals surface area contributed by atoms with Crippen molar-refractivity contribution in [2.24, 2.45) is 5.92 Å². The molecule has 0 bridgehead atoms. The zero-order chi connectivity index (χ0) is 13.9. The molecule has 0 aromatic carbocycles. The van der Waals surface area contributed by atoms with Gasteiger partial charge < -0.3 is 15.0 Å². The van der Waals surface area contributed by atoms with E-state index in [-0.39, 0.29) is 18.1 Å². The molecule has 3 rings (SSSR count). The highest BCUT2D eigenvalue weighted by atomic mass is 32.1. The Morgan fingerprint density at radius 1 is 1.40 bits per heavy atom. The van der Waals surface area contributed by atoms with E-state index < -0.39 is 0 Å². The summed E-state index contributed by atoms with van der Waals surface area (Å²) in [5, 5.41) is 7.51. The summed E-state index contributed by atoms with van der Waals surface area (Å²) in [6.45, 7) is 5.41. The lowest BCUT2D eigenvalue weighted by atomic mass is 9.95. The number of nitrogens with zero attached hydrogens (tertiary/aromatic N) is 1. The number of hydrogen-bond acceptors (Lipinski definition) is 4. The number of morpholine rings is 1. The maximum atomic E-state index is 12.7. The number of thiophene rings is 1. The van der Waals surface area contributed by atoms with E-state index in [0.29, 0.717) is 12.5 Å². The first-order chi connectivity index (χ1) is 9.74. The summed E-state index contributed by atoms with van der Waals surface area (Å²) < 4.78 is 6.00. The minimum atomic E-state index is 0.0377. The van der Waals surface area contributed by atoms with Gasteiger partial charge in [0, 0.05) is 12.5 Å². The van der Waals surface area contributed by atoms with Crippen molar-refractivity contribution < 1.29 is 9.53 Å². The van der Waals surface area contributed by atoms with Crippen LogP contribution in [0.1, 0.15) is 31.4 Å². The van der Waals surface area contributed by atoms with E-state index in [2.05, 4.69) is 29.1 Å². The molecule has 2 atom stereocenters. The molecule has 0 radical (unpaired) electrons. The van der Waals surface area contributed by atoms with Crippen LogP contribution in [0.2, 0.25) is 0 Å². The van der Waals surface area contributed by atoms with E-state index in [1.54, 1.807) is 11.3 Å². The van der Waals surface area contributed by atoms with Gasteiger partial charge in [0.25, 0.3) is 0 Å². The van der Waals surface area contributed by atoms with Crippen LogP contribution in [0.4, 0.5) is 0 Å². The Balaban J connectivity index is 1.67. The van der Waals surface area contributed by atoms with Crippen LogP contribution < -0.4 is 5.32 Å². The van der Waals surface area contributed by atoms with Gasteiger partial charge in [-0.05, 0) is 55.2 Å². The van der Waals surface area contributed by atoms with Crippen LogP contribution >= 0.6 is 11.3 Å². The molecule has 2 saturated heterocycles. The minimum Gasteiger partial charge on any atom is -0.367 e. The van der Waals surface area contributed by atoms with E-state index in [0.717, 1.165) is 32.5 Å². The van der Waals surface area contributed by atoms with Gasteiger partial charge in [0.2, 0.25) is 5.91 Å². The van der Waals surface area contributed by atoms with Gasteiger partial charge in [-0.3, -0.25) is 4.79 Å². The van der Waals surface area contributed by atoms with Crippen molar-refractivity contribution in [3.8, 4) is 0 Å². The van der Waals surface area contributed by atoms with Crippen LogP contribution in [0.25, 0.3) is 0 Å². The third-order valence-corrected chi connectivity index (χ3v) is 4.88. The zero-order valence-corrected chi connectivity index (χ0v) is 12.7. The van der Waals surface area contributed by atoms with Gasteiger partial charge in [-0.15, -0.1) is 0 Å². The molecule has 0 saturated carbocycles. The Bertz CT molecular complexity index is 443. The molecule has 2 aliphatic heterocycles. The molecule has 1 amide bonds. The number of piperidine rings is 1. The number of rotatable bonds is 2. The summed E-state index contributed by atoms with van der Waals surface area (Å²) >= 11 is 1.68. The number of carbonyl (C=O) groups excluding carboxylic acids is 1. The largest absolute Gasteiger partial charge is 0.367 e. The maximum absolute atomic E-state index is 12.7. The fourth-order valence-electron chi connectivity index (χ4n) is 3.10. The summed E-state index contributed by atoms with van der Waals surface area (Å²) in [5.41, 5.74) is 1.20. The fraction of sp³-hybridized carbons (Fsp3) is 0.667. The second kappa shape index (κ2) is 6.24. The molecule has 3 heterocycles. The summed E-state index contributed by atoms with van der Waals surface area (Å²) in [5.74, 6) is 0.520. The molecule has 1 aromatic heterocycles.